The fraction of sp³-hybridized carbons (Fsp3) is 0.167. The molecule has 5 nitrogen and oxygen atoms in total. The van der Waals surface area contributed by atoms with Gasteiger partial charge in [0.2, 0.25) is 11.8 Å². The summed E-state index contributed by atoms with van der Waals surface area (Å²) in [7, 11) is 1.61. The first-order chi connectivity index (χ1) is 12.4. The number of nitrogens with zero attached hydrogens (tertiary/aromatic N) is 2. The van der Waals surface area contributed by atoms with Crippen molar-refractivity contribution in [1.29, 1.82) is 0 Å². The van der Waals surface area contributed by atoms with Crippen LogP contribution in [0.3, 0.4) is 0 Å². The van der Waals surface area contributed by atoms with E-state index < -0.39 is 17.0 Å². The maximum atomic E-state index is 13.6. The van der Waals surface area contributed by atoms with Crippen LogP contribution in [0.1, 0.15) is 6.42 Å². The molecule has 2 aromatic carbocycles. The van der Waals surface area contributed by atoms with Gasteiger partial charge in [-0.25, -0.2) is 9.38 Å². The quantitative estimate of drug-likeness (QED) is 0.854. The van der Waals surface area contributed by atoms with Gasteiger partial charge in [0, 0.05) is 18.5 Å². The number of thioether (sulfide) groups is 1. The molecule has 0 aliphatic carbocycles. The predicted octanol–water partition coefficient (Wildman–Crippen LogP) is 4.07. The summed E-state index contributed by atoms with van der Waals surface area (Å²) in [6.45, 7) is 0. The van der Waals surface area contributed by atoms with E-state index in [0.29, 0.717) is 15.9 Å². The number of hydrogen-bond donors (Lipinski definition) is 1. The number of aliphatic imine (C=N–C) groups is 1. The van der Waals surface area contributed by atoms with Crippen LogP contribution in [-0.4, -0.2) is 34.2 Å². The summed E-state index contributed by atoms with van der Waals surface area (Å²) < 4.78 is 13.6. The number of rotatable bonds is 4. The first kappa shape index (κ1) is 18.4. The van der Waals surface area contributed by atoms with E-state index in [4.69, 9.17) is 11.6 Å². The van der Waals surface area contributed by atoms with E-state index >= 15 is 0 Å². The van der Waals surface area contributed by atoms with Crippen LogP contribution in [0, 0.1) is 5.82 Å². The third kappa shape index (κ3) is 4.23. The molecule has 1 aliphatic heterocycles. The maximum absolute atomic E-state index is 13.6. The number of amides is 2. The van der Waals surface area contributed by atoms with Crippen molar-refractivity contribution in [2.24, 2.45) is 4.99 Å². The second-order valence-electron chi connectivity index (χ2n) is 5.61. The molecule has 1 aliphatic rings. The van der Waals surface area contributed by atoms with Crippen molar-refractivity contribution >= 4 is 51.7 Å². The zero-order chi connectivity index (χ0) is 18.7. The molecule has 0 spiro atoms. The molecule has 3 rings (SSSR count). The molecule has 8 heteroatoms. The second-order valence-corrected chi connectivity index (χ2v) is 7.21. The predicted molar refractivity (Wildman–Crippen MR) is 102 cm³/mol. The first-order valence-electron chi connectivity index (χ1n) is 7.77. The van der Waals surface area contributed by atoms with Gasteiger partial charge in [-0.2, -0.15) is 0 Å². The molecular formula is C18H15ClFN3O2S. The van der Waals surface area contributed by atoms with Gasteiger partial charge in [0.15, 0.2) is 5.17 Å². The van der Waals surface area contributed by atoms with Crippen molar-refractivity contribution in [3.8, 4) is 0 Å². The Morgan fingerprint density at radius 2 is 1.96 bits per heavy atom. The summed E-state index contributed by atoms with van der Waals surface area (Å²) in [5.74, 6) is -1.16. The SMILES string of the molecule is CN1C(=O)[C@H](CC(=O)Nc2ccccc2F)SC1=Nc1ccc(Cl)cc1. The van der Waals surface area contributed by atoms with E-state index in [1.54, 1.807) is 37.4 Å². The highest BCUT2D eigenvalue weighted by Gasteiger charge is 2.37. The lowest BCUT2D eigenvalue weighted by molar-refractivity contribution is -0.127. The summed E-state index contributed by atoms with van der Waals surface area (Å²) in [4.78, 5) is 30.4. The molecule has 134 valence electrons. The topological polar surface area (TPSA) is 61.8 Å². The van der Waals surface area contributed by atoms with Crippen LogP contribution in [0.4, 0.5) is 15.8 Å². The Morgan fingerprint density at radius 1 is 1.27 bits per heavy atom. The Balaban J connectivity index is 1.67. The third-order valence-electron chi connectivity index (χ3n) is 3.71. The van der Waals surface area contributed by atoms with Gasteiger partial charge in [-0.05, 0) is 36.4 Å². The first-order valence-corrected chi connectivity index (χ1v) is 9.02. The van der Waals surface area contributed by atoms with Crippen LogP contribution in [0.2, 0.25) is 5.02 Å². The van der Waals surface area contributed by atoms with Crippen molar-refractivity contribution in [1.82, 2.24) is 4.90 Å². The minimum Gasteiger partial charge on any atom is -0.324 e. The molecule has 0 aromatic heterocycles. The normalized spacial score (nSPS) is 18.4. The van der Waals surface area contributed by atoms with E-state index in [-0.39, 0.29) is 18.0 Å². The van der Waals surface area contributed by atoms with Gasteiger partial charge in [0.1, 0.15) is 11.1 Å². The maximum Gasteiger partial charge on any atom is 0.242 e. The van der Waals surface area contributed by atoms with Crippen molar-refractivity contribution in [3.05, 3.63) is 59.4 Å². The highest BCUT2D eigenvalue weighted by Crippen LogP contribution is 2.31. The van der Waals surface area contributed by atoms with Gasteiger partial charge < -0.3 is 5.32 Å². The van der Waals surface area contributed by atoms with E-state index in [0.717, 1.165) is 0 Å². The van der Waals surface area contributed by atoms with Crippen molar-refractivity contribution < 1.29 is 14.0 Å². The Hall–Kier alpha value is -2.38. The monoisotopic (exact) mass is 391 g/mol. The molecule has 2 amide bonds. The number of para-hydroxylation sites is 1. The Kier molecular flexibility index (Phi) is 5.58. The van der Waals surface area contributed by atoms with Gasteiger partial charge >= 0.3 is 0 Å². The molecule has 1 atom stereocenters. The average Bonchev–Trinajstić information content (AvgIpc) is 2.87. The van der Waals surface area contributed by atoms with Crippen LogP contribution in [0.15, 0.2) is 53.5 Å². The Labute approximate surface area is 159 Å². The van der Waals surface area contributed by atoms with Gasteiger partial charge in [-0.3, -0.25) is 14.5 Å². The second kappa shape index (κ2) is 7.88. The number of amidine groups is 1. The standard InChI is InChI=1S/C18H15ClFN3O2S/c1-23-17(25)15(10-16(24)22-14-5-3-2-4-13(14)20)26-18(23)21-12-8-6-11(19)7-9-12/h2-9,15H,10H2,1H3,(H,22,24)/t15-/m0/s1. The van der Waals surface area contributed by atoms with Crippen molar-refractivity contribution in [2.75, 3.05) is 12.4 Å². The number of benzene rings is 2. The highest BCUT2D eigenvalue weighted by molar-refractivity contribution is 8.15. The van der Waals surface area contributed by atoms with Crippen molar-refractivity contribution in [3.63, 3.8) is 0 Å². The number of halogens is 2. The molecule has 2 aromatic rings. The summed E-state index contributed by atoms with van der Waals surface area (Å²) in [5.41, 5.74) is 0.754. The van der Waals surface area contributed by atoms with E-state index in [1.807, 2.05) is 0 Å². The van der Waals surface area contributed by atoms with Crippen LogP contribution in [-0.2, 0) is 9.59 Å². The fourth-order valence-electron chi connectivity index (χ4n) is 2.36. The van der Waals surface area contributed by atoms with E-state index in [1.165, 1.54) is 34.9 Å². The molecular weight excluding hydrogens is 377 g/mol. The summed E-state index contributed by atoms with van der Waals surface area (Å²) in [5, 5.41) is 2.99. The minimum absolute atomic E-state index is 0.0676. The highest BCUT2D eigenvalue weighted by atomic mass is 35.5. The van der Waals surface area contributed by atoms with E-state index in [2.05, 4.69) is 10.3 Å². The van der Waals surface area contributed by atoms with Gasteiger partial charge in [0.25, 0.3) is 0 Å². The molecule has 0 saturated carbocycles. The number of anilines is 1. The number of hydrogen-bond acceptors (Lipinski definition) is 4. The summed E-state index contributed by atoms with van der Waals surface area (Å²) in [6, 6.07) is 12.8. The molecule has 0 unspecified atom stereocenters. The zero-order valence-electron chi connectivity index (χ0n) is 13.8. The minimum atomic E-state index is -0.599. The lowest BCUT2D eigenvalue weighted by Gasteiger charge is -2.09. The lowest BCUT2D eigenvalue weighted by atomic mass is 10.2. The molecule has 1 fully saturated rings. The van der Waals surface area contributed by atoms with E-state index in [9.17, 15) is 14.0 Å². The number of carbonyl (C=O) groups is 2. The fourth-order valence-corrected chi connectivity index (χ4v) is 3.64. The summed E-state index contributed by atoms with van der Waals surface area (Å²) in [6.07, 6.45) is -0.0676. The van der Waals surface area contributed by atoms with Crippen LogP contribution >= 0.6 is 23.4 Å². The largest absolute Gasteiger partial charge is 0.324 e. The molecule has 26 heavy (non-hydrogen) atoms. The zero-order valence-corrected chi connectivity index (χ0v) is 15.4. The van der Waals surface area contributed by atoms with Gasteiger partial charge in [-0.1, -0.05) is 35.5 Å². The Morgan fingerprint density at radius 3 is 2.65 bits per heavy atom. The number of carbonyl (C=O) groups excluding carboxylic acids is 2. The van der Waals surface area contributed by atoms with Crippen LogP contribution < -0.4 is 5.32 Å². The Bertz CT molecular complexity index is 873. The van der Waals surface area contributed by atoms with Gasteiger partial charge in [0.05, 0.1) is 11.4 Å². The smallest absolute Gasteiger partial charge is 0.242 e. The number of nitrogens with one attached hydrogen (secondary N) is 1. The van der Waals surface area contributed by atoms with Crippen LogP contribution in [0.5, 0.6) is 0 Å². The molecule has 0 bridgehead atoms. The molecule has 1 saturated heterocycles. The van der Waals surface area contributed by atoms with Crippen molar-refractivity contribution in [2.45, 2.75) is 11.7 Å². The summed E-state index contributed by atoms with van der Waals surface area (Å²) >= 11 is 7.06. The molecule has 0 radical (unpaired) electrons. The third-order valence-corrected chi connectivity index (χ3v) is 5.19. The average molecular weight is 392 g/mol. The lowest BCUT2D eigenvalue weighted by Crippen LogP contribution is -2.30. The molecule has 1 N–H and O–H groups in total. The van der Waals surface area contributed by atoms with Gasteiger partial charge in [-0.15, -0.1) is 0 Å². The molecule has 1 heterocycles. The van der Waals surface area contributed by atoms with Crippen LogP contribution in [0.25, 0.3) is 0 Å².